The van der Waals surface area contributed by atoms with Crippen LogP contribution in [0.5, 0.6) is 5.75 Å². The van der Waals surface area contributed by atoms with Crippen LogP contribution in [0.15, 0.2) is 18.2 Å². The Balaban J connectivity index is 2.43. The van der Waals surface area contributed by atoms with Crippen LogP contribution in [-0.4, -0.2) is 17.7 Å². The lowest BCUT2D eigenvalue weighted by Gasteiger charge is -2.25. The molecular formula is C13H16O3. The Morgan fingerprint density at radius 1 is 1.50 bits per heavy atom. The average Bonchev–Trinajstić information content (AvgIpc) is 2.60. The van der Waals surface area contributed by atoms with Crippen LogP contribution in [0, 0.1) is 12.3 Å². The minimum atomic E-state index is -0.793. The first kappa shape index (κ1) is 11.0. The van der Waals surface area contributed by atoms with Gasteiger partial charge in [0, 0.05) is 11.5 Å². The summed E-state index contributed by atoms with van der Waals surface area (Å²) in [6.07, 6.45) is 0. The summed E-state index contributed by atoms with van der Waals surface area (Å²) in [5.41, 5.74) is 1.36. The minimum Gasteiger partial charge on any atom is -0.493 e. The van der Waals surface area contributed by atoms with Crippen LogP contribution in [0.3, 0.4) is 0 Å². The van der Waals surface area contributed by atoms with Crippen LogP contribution in [0.1, 0.15) is 30.9 Å². The summed E-state index contributed by atoms with van der Waals surface area (Å²) in [5, 5.41) is 9.24. The third-order valence-electron chi connectivity index (χ3n) is 3.37. The highest BCUT2D eigenvalue weighted by Crippen LogP contribution is 2.44. The second-order valence-corrected chi connectivity index (χ2v) is 4.93. The highest BCUT2D eigenvalue weighted by atomic mass is 16.5. The Morgan fingerprint density at radius 2 is 2.19 bits per heavy atom. The second kappa shape index (κ2) is 3.51. The van der Waals surface area contributed by atoms with Crippen molar-refractivity contribution in [2.24, 2.45) is 5.41 Å². The number of hydrogen-bond acceptors (Lipinski definition) is 2. The van der Waals surface area contributed by atoms with Gasteiger partial charge in [-0.25, -0.2) is 0 Å². The Morgan fingerprint density at radius 3 is 2.81 bits per heavy atom. The van der Waals surface area contributed by atoms with Crippen molar-refractivity contribution < 1.29 is 14.6 Å². The van der Waals surface area contributed by atoms with Crippen LogP contribution in [0.4, 0.5) is 0 Å². The van der Waals surface area contributed by atoms with Crippen molar-refractivity contribution in [1.82, 2.24) is 0 Å². The molecule has 1 aromatic rings. The molecule has 1 heterocycles. The summed E-state index contributed by atoms with van der Waals surface area (Å²) >= 11 is 0. The molecule has 0 saturated carbocycles. The van der Waals surface area contributed by atoms with Gasteiger partial charge in [-0.1, -0.05) is 17.7 Å². The summed E-state index contributed by atoms with van der Waals surface area (Å²) in [6, 6.07) is 5.93. The Kier molecular flexibility index (Phi) is 2.41. The number of hydrogen-bond donors (Lipinski definition) is 1. The molecular weight excluding hydrogens is 204 g/mol. The molecule has 16 heavy (non-hydrogen) atoms. The van der Waals surface area contributed by atoms with E-state index in [4.69, 9.17) is 4.74 Å². The zero-order chi connectivity index (χ0) is 11.9. The summed E-state index contributed by atoms with van der Waals surface area (Å²) < 4.78 is 5.54. The van der Waals surface area contributed by atoms with E-state index in [1.54, 1.807) is 13.8 Å². The summed E-state index contributed by atoms with van der Waals surface area (Å²) in [5.74, 6) is -0.0275. The van der Waals surface area contributed by atoms with E-state index in [0.717, 1.165) is 16.9 Å². The van der Waals surface area contributed by atoms with Crippen LogP contribution >= 0.6 is 0 Å². The predicted octanol–water partition coefficient (Wildman–Crippen LogP) is 2.58. The number of carboxylic acid groups (broad SMARTS) is 1. The maximum Gasteiger partial charge on any atom is 0.309 e. The summed E-state index contributed by atoms with van der Waals surface area (Å²) in [6.45, 7) is 5.96. The molecule has 1 aliphatic heterocycles. The van der Waals surface area contributed by atoms with Gasteiger partial charge in [-0.2, -0.15) is 0 Å². The molecule has 1 unspecified atom stereocenters. The number of carboxylic acids is 1. The zero-order valence-electron chi connectivity index (χ0n) is 9.78. The Hall–Kier alpha value is -1.51. The first-order valence-corrected chi connectivity index (χ1v) is 5.39. The van der Waals surface area contributed by atoms with Gasteiger partial charge < -0.3 is 9.84 Å². The lowest BCUT2D eigenvalue weighted by molar-refractivity contribution is -0.148. The summed E-state index contributed by atoms with van der Waals surface area (Å²) in [7, 11) is 0. The fourth-order valence-corrected chi connectivity index (χ4v) is 2.08. The van der Waals surface area contributed by atoms with Gasteiger partial charge in [0.15, 0.2) is 0 Å². The fraction of sp³-hybridized carbons (Fsp3) is 0.462. The normalized spacial score (nSPS) is 19.1. The van der Waals surface area contributed by atoms with E-state index in [9.17, 15) is 9.90 Å². The lowest BCUT2D eigenvalue weighted by atomic mass is 9.76. The topological polar surface area (TPSA) is 46.5 Å². The van der Waals surface area contributed by atoms with Gasteiger partial charge in [0.2, 0.25) is 0 Å². The number of ether oxygens (including phenoxy) is 1. The van der Waals surface area contributed by atoms with Crippen molar-refractivity contribution in [3.8, 4) is 5.75 Å². The van der Waals surface area contributed by atoms with E-state index in [1.807, 2.05) is 25.1 Å². The van der Waals surface area contributed by atoms with Crippen LogP contribution in [0.25, 0.3) is 0 Å². The number of benzene rings is 1. The fourth-order valence-electron chi connectivity index (χ4n) is 2.08. The van der Waals surface area contributed by atoms with Gasteiger partial charge in [-0.15, -0.1) is 0 Å². The molecule has 1 atom stereocenters. The van der Waals surface area contributed by atoms with Crippen LogP contribution in [0.2, 0.25) is 0 Å². The largest absolute Gasteiger partial charge is 0.493 e. The standard InChI is InChI=1S/C13H16O3/c1-8-4-5-11-9(6-8)10(7-16-11)13(2,3)12(14)15/h4-6,10H,7H2,1-3H3,(H,14,15). The van der Waals surface area contributed by atoms with E-state index < -0.39 is 11.4 Å². The van der Waals surface area contributed by atoms with Crippen LogP contribution < -0.4 is 4.74 Å². The van der Waals surface area contributed by atoms with Crippen molar-refractivity contribution in [2.45, 2.75) is 26.7 Å². The number of carbonyl (C=O) groups is 1. The molecule has 0 amide bonds. The highest BCUT2D eigenvalue weighted by Gasteiger charge is 2.42. The quantitative estimate of drug-likeness (QED) is 0.833. The van der Waals surface area contributed by atoms with Crippen molar-refractivity contribution in [2.75, 3.05) is 6.61 Å². The number of aryl methyl sites for hydroxylation is 1. The van der Waals surface area contributed by atoms with Gasteiger partial charge in [-0.05, 0) is 26.8 Å². The monoisotopic (exact) mass is 220 g/mol. The molecule has 0 aromatic heterocycles. The van der Waals surface area contributed by atoms with E-state index in [2.05, 4.69) is 0 Å². The van der Waals surface area contributed by atoms with Gasteiger partial charge in [0.05, 0.1) is 12.0 Å². The third kappa shape index (κ3) is 1.56. The SMILES string of the molecule is Cc1ccc2c(c1)C(C(C)(C)C(=O)O)CO2. The lowest BCUT2D eigenvalue weighted by Crippen LogP contribution is -2.32. The van der Waals surface area contributed by atoms with E-state index in [0.29, 0.717) is 6.61 Å². The maximum atomic E-state index is 11.2. The van der Waals surface area contributed by atoms with Gasteiger partial charge in [-0.3, -0.25) is 4.79 Å². The molecule has 0 aliphatic carbocycles. The van der Waals surface area contributed by atoms with Crippen molar-refractivity contribution in [3.05, 3.63) is 29.3 Å². The number of aliphatic carboxylic acids is 1. The molecule has 2 rings (SSSR count). The minimum absolute atomic E-state index is 0.0695. The number of rotatable bonds is 2. The van der Waals surface area contributed by atoms with E-state index in [-0.39, 0.29) is 5.92 Å². The molecule has 1 aromatic carbocycles. The molecule has 0 fully saturated rings. The molecule has 0 saturated heterocycles. The van der Waals surface area contributed by atoms with Crippen LogP contribution in [-0.2, 0) is 4.79 Å². The van der Waals surface area contributed by atoms with Gasteiger partial charge in [0.25, 0.3) is 0 Å². The molecule has 0 bridgehead atoms. The highest BCUT2D eigenvalue weighted by molar-refractivity contribution is 5.75. The Labute approximate surface area is 95.0 Å². The van der Waals surface area contributed by atoms with Gasteiger partial charge >= 0.3 is 5.97 Å². The maximum absolute atomic E-state index is 11.2. The first-order chi connectivity index (χ1) is 7.43. The molecule has 3 nitrogen and oxygen atoms in total. The van der Waals surface area contributed by atoms with Crippen molar-refractivity contribution in [1.29, 1.82) is 0 Å². The zero-order valence-corrected chi connectivity index (χ0v) is 9.78. The number of fused-ring (bicyclic) bond motifs is 1. The molecule has 0 spiro atoms. The molecule has 1 aliphatic rings. The van der Waals surface area contributed by atoms with Gasteiger partial charge in [0.1, 0.15) is 5.75 Å². The smallest absolute Gasteiger partial charge is 0.309 e. The predicted molar refractivity (Wildman–Crippen MR) is 60.8 cm³/mol. The summed E-state index contributed by atoms with van der Waals surface area (Å²) in [4.78, 5) is 11.2. The van der Waals surface area contributed by atoms with Crippen molar-refractivity contribution >= 4 is 5.97 Å². The third-order valence-corrected chi connectivity index (χ3v) is 3.37. The molecule has 86 valence electrons. The Bertz CT molecular complexity index is 435. The van der Waals surface area contributed by atoms with E-state index in [1.165, 1.54) is 0 Å². The molecule has 1 N–H and O–H groups in total. The first-order valence-electron chi connectivity index (χ1n) is 5.39. The van der Waals surface area contributed by atoms with Crippen molar-refractivity contribution in [3.63, 3.8) is 0 Å². The van der Waals surface area contributed by atoms with E-state index >= 15 is 0 Å². The molecule has 3 heteroatoms. The molecule has 0 radical (unpaired) electrons. The second-order valence-electron chi connectivity index (χ2n) is 4.93. The average molecular weight is 220 g/mol.